The van der Waals surface area contributed by atoms with Gasteiger partial charge in [0.1, 0.15) is 0 Å². The number of ether oxygens (including phenoxy) is 1. The van der Waals surface area contributed by atoms with Crippen LogP contribution in [-0.2, 0) is 9.53 Å². The summed E-state index contributed by atoms with van der Waals surface area (Å²) in [5.41, 5.74) is -0.897. The predicted octanol–water partition coefficient (Wildman–Crippen LogP) is 3.53. The summed E-state index contributed by atoms with van der Waals surface area (Å²) < 4.78 is 113. The fourth-order valence-electron chi connectivity index (χ4n) is 0.628. The minimum atomic E-state index is -7.10. The minimum Gasteiger partial charge on any atom is -0.393 e. The second-order valence-electron chi connectivity index (χ2n) is 3.33. The molecule has 0 radical (unpaired) electrons. The maximum absolute atomic E-state index is 12.6. The van der Waals surface area contributed by atoms with E-state index < -0.39 is 35.7 Å². The number of halogens is 9. The Morgan fingerprint density at radius 2 is 1.26 bits per heavy atom. The van der Waals surface area contributed by atoms with E-state index >= 15 is 0 Å². The number of hydrogen-bond acceptors (Lipinski definition) is 2. The number of carbonyl (C=O) groups is 1. The molecule has 0 N–H and O–H groups in total. The van der Waals surface area contributed by atoms with Gasteiger partial charge in [-0.1, -0.05) is 6.58 Å². The average Bonchev–Trinajstić information content (AvgIpc) is 2.14. The topological polar surface area (TPSA) is 26.3 Å². The molecule has 19 heavy (non-hydrogen) atoms. The van der Waals surface area contributed by atoms with E-state index in [4.69, 9.17) is 0 Å². The molecule has 0 amide bonds. The Hall–Kier alpha value is -1.42. The van der Waals surface area contributed by atoms with Gasteiger partial charge in [-0.05, 0) is 6.92 Å². The van der Waals surface area contributed by atoms with Gasteiger partial charge in [0.25, 0.3) is 0 Å². The van der Waals surface area contributed by atoms with Gasteiger partial charge in [-0.15, -0.1) is 0 Å². The van der Waals surface area contributed by atoms with Gasteiger partial charge in [-0.2, -0.15) is 39.5 Å². The van der Waals surface area contributed by atoms with Gasteiger partial charge < -0.3 is 4.74 Å². The Morgan fingerprint density at radius 1 is 0.895 bits per heavy atom. The molecule has 0 aromatic carbocycles. The van der Waals surface area contributed by atoms with Crippen LogP contribution in [0.5, 0.6) is 0 Å². The molecule has 0 fully saturated rings. The molecular weight excluding hydrogens is 299 g/mol. The minimum absolute atomic E-state index is 0.693. The monoisotopic (exact) mass is 304 g/mol. The summed E-state index contributed by atoms with van der Waals surface area (Å²) in [4.78, 5) is 10.5. The zero-order valence-corrected chi connectivity index (χ0v) is 8.93. The van der Waals surface area contributed by atoms with Crippen molar-refractivity contribution in [2.45, 2.75) is 31.1 Å². The van der Waals surface area contributed by atoms with Crippen LogP contribution in [-0.4, -0.2) is 30.1 Å². The number of carbonyl (C=O) groups excluding carboxylic acids is 1. The van der Waals surface area contributed by atoms with Crippen LogP contribution < -0.4 is 0 Å². The molecule has 2 nitrogen and oxygen atoms in total. The highest BCUT2D eigenvalue weighted by Gasteiger charge is 2.83. The Kier molecular flexibility index (Phi) is 4.26. The predicted molar refractivity (Wildman–Crippen MR) is 41.8 cm³/mol. The second kappa shape index (κ2) is 4.60. The quantitative estimate of drug-likeness (QED) is 0.451. The lowest BCUT2D eigenvalue weighted by Gasteiger charge is -2.32. The Bertz CT molecular complexity index is 382. The largest absolute Gasteiger partial charge is 0.473 e. The van der Waals surface area contributed by atoms with Crippen molar-refractivity contribution in [1.82, 2.24) is 0 Å². The van der Waals surface area contributed by atoms with Crippen molar-refractivity contribution in [3.05, 3.63) is 12.2 Å². The van der Waals surface area contributed by atoms with E-state index in [9.17, 15) is 44.3 Å². The molecule has 112 valence electrons. The van der Waals surface area contributed by atoms with Crippen LogP contribution in [0.2, 0.25) is 0 Å². The van der Waals surface area contributed by atoms with Crippen LogP contribution in [0.15, 0.2) is 12.2 Å². The van der Waals surface area contributed by atoms with E-state index in [1.54, 1.807) is 0 Å². The summed E-state index contributed by atoms with van der Waals surface area (Å²) in [7, 11) is 0. The van der Waals surface area contributed by atoms with Gasteiger partial charge >= 0.3 is 30.1 Å². The number of hydrogen-bond donors (Lipinski definition) is 0. The fraction of sp³-hybridized carbons (Fsp3) is 0.625. The molecule has 11 heteroatoms. The first-order valence-electron chi connectivity index (χ1n) is 4.17. The van der Waals surface area contributed by atoms with Gasteiger partial charge in [0.05, 0.1) is 0 Å². The molecular formula is C8H5F9O2. The summed E-state index contributed by atoms with van der Waals surface area (Å²) in [6, 6.07) is 0. The van der Waals surface area contributed by atoms with Crippen molar-refractivity contribution in [2.75, 3.05) is 0 Å². The van der Waals surface area contributed by atoms with Crippen LogP contribution in [0.4, 0.5) is 39.5 Å². The third kappa shape index (κ3) is 2.95. The van der Waals surface area contributed by atoms with E-state index in [0.29, 0.717) is 6.92 Å². The van der Waals surface area contributed by atoms with Crippen LogP contribution in [0.3, 0.4) is 0 Å². The van der Waals surface area contributed by atoms with Gasteiger partial charge in [-0.3, -0.25) is 0 Å². The van der Waals surface area contributed by atoms with Gasteiger partial charge in [0.15, 0.2) is 0 Å². The maximum atomic E-state index is 12.6. The third-order valence-electron chi connectivity index (χ3n) is 1.69. The molecule has 0 aromatic heterocycles. The summed E-state index contributed by atoms with van der Waals surface area (Å²) in [6.07, 6.45) is -13.3. The molecule has 0 atom stereocenters. The number of rotatable bonds is 4. The lowest BCUT2D eigenvalue weighted by molar-refractivity contribution is -0.434. The Morgan fingerprint density at radius 3 is 1.53 bits per heavy atom. The molecule has 0 aromatic rings. The van der Waals surface area contributed by atoms with E-state index in [1.165, 1.54) is 0 Å². The molecule has 0 heterocycles. The summed E-state index contributed by atoms with van der Waals surface area (Å²) in [6.45, 7) is 3.36. The zero-order valence-electron chi connectivity index (χ0n) is 8.93. The SMILES string of the molecule is C=C(C)C(=O)OC(F)(F)C(F)(F)C(F)(F)C(F)(F)F. The maximum Gasteiger partial charge on any atom is 0.473 e. The van der Waals surface area contributed by atoms with Crippen molar-refractivity contribution in [1.29, 1.82) is 0 Å². The molecule has 0 aliphatic heterocycles. The normalized spacial score (nSPS) is 14.2. The molecule has 0 bridgehead atoms. The molecule has 0 saturated carbocycles. The molecule has 0 aliphatic rings. The van der Waals surface area contributed by atoms with Crippen LogP contribution in [0.1, 0.15) is 6.92 Å². The summed E-state index contributed by atoms with van der Waals surface area (Å²) >= 11 is 0. The van der Waals surface area contributed by atoms with Crippen LogP contribution >= 0.6 is 0 Å². The number of esters is 1. The highest BCUT2D eigenvalue weighted by molar-refractivity contribution is 5.87. The molecule has 0 unspecified atom stereocenters. The molecule has 0 saturated heterocycles. The standard InChI is InChI=1S/C8H5F9O2/c1-3(2)4(18)19-8(16,17)6(11,12)5(9,10)7(13,14)15/h1H2,2H3. The van der Waals surface area contributed by atoms with E-state index in [1.807, 2.05) is 0 Å². The zero-order chi connectivity index (χ0) is 15.9. The number of alkyl halides is 9. The van der Waals surface area contributed by atoms with Crippen molar-refractivity contribution >= 4 is 5.97 Å². The fourth-order valence-corrected chi connectivity index (χ4v) is 0.628. The van der Waals surface area contributed by atoms with Crippen molar-refractivity contribution in [3.63, 3.8) is 0 Å². The Labute approximate surface area is 99.4 Å². The highest BCUT2D eigenvalue weighted by atomic mass is 19.4. The lowest BCUT2D eigenvalue weighted by atomic mass is 10.1. The first-order chi connectivity index (χ1) is 8.08. The van der Waals surface area contributed by atoms with Crippen LogP contribution in [0, 0.1) is 0 Å². The first-order valence-corrected chi connectivity index (χ1v) is 4.17. The van der Waals surface area contributed by atoms with E-state index in [2.05, 4.69) is 11.3 Å². The summed E-state index contributed by atoms with van der Waals surface area (Å²) in [5.74, 6) is -16.3. The first kappa shape index (κ1) is 17.6. The second-order valence-corrected chi connectivity index (χ2v) is 3.33. The van der Waals surface area contributed by atoms with Gasteiger partial charge in [0.2, 0.25) is 0 Å². The average molecular weight is 304 g/mol. The highest BCUT2D eigenvalue weighted by Crippen LogP contribution is 2.53. The van der Waals surface area contributed by atoms with Crippen molar-refractivity contribution < 1.29 is 49.0 Å². The molecule has 0 aliphatic carbocycles. The molecule has 0 rings (SSSR count). The smallest absolute Gasteiger partial charge is 0.393 e. The van der Waals surface area contributed by atoms with Crippen LogP contribution in [0.25, 0.3) is 0 Å². The summed E-state index contributed by atoms with van der Waals surface area (Å²) in [5, 5.41) is 0. The Balaban J connectivity index is 5.52. The molecule has 0 spiro atoms. The third-order valence-corrected chi connectivity index (χ3v) is 1.69. The van der Waals surface area contributed by atoms with E-state index in [0.717, 1.165) is 0 Å². The van der Waals surface area contributed by atoms with E-state index in [-0.39, 0.29) is 0 Å². The van der Waals surface area contributed by atoms with Gasteiger partial charge in [0, 0.05) is 5.57 Å². The van der Waals surface area contributed by atoms with Gasteiger partial charge in [-0.25, -0.2) is 4.79 Å². The van der Waals surface area contributed by atoms with Crippen molar-refractivity contribution in [2.24, 2.45) is 0 Å². The van der Waals surface area contributed by atoms with Crippen molar-refractivity contribution in [3.8, 4) is 0 Å². The lowest BCUT2D eigenvalue weighted by Crippen LogP contribution is -2.62.